The molecule has 0 rings (SSSR count). The van der Waals surface area contributed by atoms with Crippen LogP contribution >= 0.6 is 0 Å². The molecule has 0 radical (unpaired) electrons. The summed E-state index contributed by atoms with van der Waals surface area (Å²) in [4.78, 5) is 0. The topological polar surface area (TPSA) is 126 Å². The summed E-state index contributed by atoms with van der Waals surface area (Å²) >= 11 is 0. The molecule has 0 saturated heterocycles. The first kappa shape index (κ1) is 193. The van der Waals surface area contributed by atoms with Crippen molar-refractivity contribution < 1.29 is 60.7 Å². The predicted molar refractivity (Wildman–Crippen MR) is 24.4 cm³/mol. The monoisotopic (exact) mass is 206 g/mol. The molecular weight excluding hydrogens is 195 g/mol. The van der Waals surface area contributed by atoms with Gasteiger partial charge in [-0.3, -0.25) is 0 Å². The third-order valence-corrected chi connectivity index (χ3v) is 0. The minimum Gasteiger partial charge on any atom is -0.412 e. The summed E-state index contributed by atoms with van der Waals surface area (Å²) in [6, 6.07) is 0. The minimum atomic E-state index is 0. The van der Waals surface area contributed by atoms with Crippen molar-refractivity contribution in [1.29, 1.82) is 0 Å². The Morgan fingerprint density at radius 2 is 0.571 bits per heavy atom. The summed E-state index contributed by atoms with van der Waals surface area (Å²) < 4.78 is 0. The molecule has 0 aliphatic heterocycles. The van der Waals surface area contributed by atoms with Gasteiger partial charge < -0.3 is 21.9 Å². The van der Waals surface area contributed by atoms with Crippen LogP contribution in [0.2, 0.25) is 0 Å². The van der Waals surface area contributed by atoms with Gasteiger partial charge in [0.2, 0.25) is 0 Å². The van der Waals surface area contributed by atoms with Gasteiger partial charge in [0, 0.05) is 38.8 Å². The van der Waals surface area contributed by atoms with Crippen molar-refractivity contribution >= 4 is 17.4 Å². The zero-order valence-corrected chi connectivity index (χ0v) is 5.52. The summed E-state index contributed by atoms with van der Waals surface area (Å²) in [6.07, 6.45) is 0. The van der Waals surface area contributed by atoms with Gasteiger partial charge in [0.25, 0.3) is 0 Å². The van der Waals surface area contributed by atoms with Gasteiger partial charge in [0.15, 0.2) is 17.4 Å². The molecule has 7 heteroatoms. The van der Waals surface area contributed by atoms with E-state index in [-0.39, 0.29) is 78.1 Å². The van der Waals surface area contributed by atoms with Crippen LogP contribution in [0.25, 0.3) is 0 Å². The number of hydrogen-bond donors (Lipinski definition) is 0. The molecule has 0 saturated carbocycles. The van der Waals surface area contributed by atoms with Crippen molar-refractivity contribution in [3.63, 3.8) is 0 Å². The number of hydrogen-bond acceptors (Lipinski definition) is 0. The molecule has 7 heavy (non-hydrogen) atoms. The van der Waals surface area contributed by atoms with Gasteiger partial charge in [0.1, 0.15) is 0 Å². The van der Waals surface area contributed by atoms with Crippen molar-refractivity contribution in [2.24, 2.45) is 0 Å². The summed E-state index contributed by atoms with van der Waals surface area (Å²) in [6.45, 7) is 0. The van der Waals surface area contributed by atoms with Crippen LogP contribution in [-0.4, -0.2) is 39.3 Å². The average Bonchev–Trinajstić information content (AvgIpc) is 0. The Morgan fingerprint density at radius 1 is 0.571 bits per heavy atom. The van der Waals surface area contributed by atoms with E-state index in [0.29, 0.717) is 0 Å². The van der Waals surface area contributed by atoms with E-state index in [4.69, 9.17) is 0 Å². The molecule has 8 N–H and O–H groups in total. The van der Waals surface area contributed by atoms with E-state index >= 15 is 0 Å². The van der Waals surface area contributed by atoms with E-state index in [2.05, 4.69) is 0 Å². The van der Waals surface area contributed by atoms with Crippen LogP contribution in [0.3, 0.4) is 0 Å². The van der Waals surface area contributed by atoms with Crippen LogP contribution in [0.5, 0.6) is 0 Å². The quantitative estimate of drug-likeness (QED) is 0.354. The summed E-state index contributed by atoms with van der Waals surface area (Å²) in [5.41, 5.74) is 0. The zero-order chi connectivity index (χ0) is 0. The Bertz CT molecular complexity index is 11.7. The van der Waals surface area contributed by atoms with Crippen molar-refractivity contribution in [2.75, 3.05) is 0 Å². The smallest absolute Gasteiger partial charge is 0.187 e. The fraction of sp³-hybridized carbons (Fsp3) is 0. The third kappa shape index (κ3) is 92.7. The fourth-order valence-corrected chi connectivity index (χ4v) is 0. The molecule has 0 heterocycles. The van der Waals surface area contributed by atoms with Crippen LogP contribution in [0, 0.1) is 0 Å². The molecular formula is H11AlFeO4Ti. The number of rotatable bonds is 0. The van der Waals surface area contributed by atoms with Crippen molar-refractivity contribution in [3.8, 4) is 0 Å². The Morgan fingerprint density at radius 3 is 0.571 bits per heavy atom. The van der Waals surface area contributed by atoms with Crippen LogP contribution in [0.1, 0.15) is 0 Å². The second kappa shape index (κ2) is 129. The average molecular weight is 206 g/mol. The van der Waals surface area contributed by atoms with Crippen molar-refractivity contribution in [2.45, 2.75) is 0 Å². The van der Waals surface area contributed by atoms with Gasteiger partial charge in [-0.2, -0.15) is 0 Å². The Labute approximate surface area is 77.8 Å². The van der Waals surface area contributed by atoms with Crippen molar-refractivity contribution in [3.05, 3.63) is 0 Å². The van der Waals surface area contributed by atoms with E-state index in [0.717, 1.165) is 0 Å². The Hall–Kier alpha value is 1.61. The van der Waals surface area contributed by atoms with Crippen molar-refractivity contribution in [1.82, 2.24) is 0 Å². The summed E-state index contributed by atoms with van der Waals surface area (Å²) in [7, 11) is 0. The van der Waals surface area contributed by atoms with Crippen LogP contribution < -0.4 is 0 Å². The molecule has 0 atom stereocenters. The van der Waals surface area contributed by atoms with Gasteiger partial charge in [-0.15, -0.1) is 0 Å². The van der Waals surface area contributed by atoms with Crippen LogP contribution in [-0.2, 0) is 38.8 Å². The normalized spacial score (nSPS) is 0. The summed E-state index contributed by atoms with van der Waals surface area (Å²) in [5, 5.41) is 0. The first-order valence-corrected chi connectivity index (χ1v) is 0. The maximum Gasteiger partial charge on any atom is 0.187 e. The first-order chi connectivity index (χ1) is 0. The van der Waals surface area contributed by atoms with E-state index in [1.165, 1.54) is 0 Å². The van der Waals surface area contributed by atoms with Gasteiger partial charge in [-0.05, 0) is 0 Å². The molecule has 0 bridgehead atoms. The van der Waals surface area contributed by atoms with Gasteiger partial charge in [0.05, 0.1) is 0 Å². The largest absolute Gasteiger partial charge is 0.412 e. The molecule has 0 aromatic heterocycles. The van der Waals surface area contributed by atoms with E-state index in [1.807, 2.05) is 0 Å². The first-order valence-electron chi connectivity index (χ1n) is 0. The van der Waals surface area contributed by atoms with Crippen LogP contribution in [0.15, 0.2) is 0 Å². The maximum atomic E-state index is 0. The molecule has 0 amide bonds. The molecule has 0 aromatic rings. The van der Waals surface area contributed by atoms with E-state index in [9.17, 15) is 0 Å². The second-order valence-corrected chi connectivity index (χ2v) is 0. The predicted octanol–water partition coefficient (Wildman–Crippen LogP) is -4.49. The molecule has 4 nitrogen and oxygen atoms in total. The fourth-order valence-electron chi connectivity index (χ4n) is 0. The zero-order valence-electron chi connectivity index (χ0n) is 2.85. The Kier molecular flexibility index (Phi) is 3550. The van der Waals surface area contributed by atoms with Gasteiger partial charge in [-0.25, -0.2) is 0 Å². The third-order valence-electron chi connectivity index (χ3n) is 0. The molecule has 0 aromatic carbocycles. The Balaban J connectivity index is 0. The van der Waals surface area contributed by atoms with Gasteiger partial charge in [-0.1, -0.05) is 0 Å². The van der Waals surface area contributed by atoms with Gasteiger partial charge >= 0.3 is 0 Å². The SMILES string of the molecule is O.O.O.O.[AlH3].[Fe].[Ti]. The standard InChI is InChI=1S/Al.Fe.4H2O.Ti.3H/h;;4*1H2;;;;. The molecule has 0 aliphatic carbocycles. The minimum absolute atomic E-state index is 0. The van der Waals surface area contributed by atoms with Crippen LogP contribution in [0.4, 0.5) is 0 Å². The maximum absolute atomic E-state index is 0. The molecule has 0 aliphatic rings. The second-order valence-electron chi connectivity index (χ2n) is 0. The summed E-state index contributed by atoms with van der Waals surface area (Å²) in [5.74, 6) is 0. The van der Waals surface area contributed by atoms with E-state index < -0.39 is 0 Å². The molecule has 50 valence electrons. The molecule has 0 spiro atoms. The molecule has 0 unspecified atom stereocenters. The molecule has 0 fully saturated rings. The van der Waals surface area contributed by atoms with E-state index in [1.54, 1.807) is 0 Å².